The second-order valence-electron chi connectivity index (χ2n) is 8.11. The predicted octanol–water partition coefficient (Wildman–Crippen LogP) is 4.54. The SMILES string of the molecule is CCCCCCCCc1ccc(C2=NCC(CC3CCCN3C(=N)N)=N2)cc1. The van der Waals surface area contributed by atoms with E-state index in [1.165, 1.54) is 44.1 Å². The molecule has 0 saturated carbocycles. The molecule has 0 radical (unpaired) electrons. The molecule has 1 saturated heterocycles. The molecule has 1 aromatic carbocycles. The number of benzene rings is 1. The van der Waals surface area contributed by atoms with Crippen molar-refractivity contribution >= 4 is 17.5 Å². The molecule has 1 unspecified atom stereocenters. The van der Waals surface area contributed by atoms with Crippen molar-refractivity contribution in [2.24, 2.45) is 15.7 Å². The normalized spacial score (nSPS) is 19.0. The molecular weight excluding hydrogens is 346 g/mol. The standard InChI is InChI=1S/C23H35N5/c1-2-3-4-5-6-7-9-18-11-13-19(14-12-18)22-26-17-20(27-22)16-21-10-8-15-28(21)23(24)25/h11-14,21H,2-10,15-17H2,1H3,(H3,24,25). The van der Waals surface area contributed by atoms with Crippen LogP contribution in [0.2, 0.25) is 0 Å². The van der Waals surface area contributed by atoms with Crippen molar-refractivity contribution in [3.8, 4) is 0 Å². The molecule has 2 aliphatic rings. The molecule has 5 nitrogen and oxygen atoms in total. The molecular formula is C23H35N5. The first kappa shape index (κ1) is 20.6. The van der Waals surface area contributed by atoms with Crippen molar-refractivity contribution in [1.29, 1.82) is 5.41 Å². The Kier molecular flexibility index (Phi) is 7.63. The highest BCUT2D eigenvalue weighted by atomic mass is 15.3. The molecule has 1 atom stereocenters. The summed E-state index contributed by atoms with van der Waals surface area (Å²) in [6.45, 7) is 3.83. The number of rotatable bonds is 10. The zero-order chi connectivity index (χ0) is 19.8. The fraction of sp³-hybridized carbons (Fsp3) is 0.609. The predicted molar refractivity (Wildman–Crippen MR) is 119 cm³/mol. The van der Waals surface area contributed by atoms with Gasteiger partial charge in [-0.1, -0.05) is 63.3 Å². The molecule has 2 heterocycles. The van der Waals surface area contributed by atoms with Gasteiger partial charge in [0.05, 0.1) is 6.54 Å². The van der Waals surface area contributed by atoms with E-state index >= 15 is 0 Å². The van der Waals surface area contributed by atoms with Crippen molar-refractivity contribution in [2.75, 3.05) is 13.1 Å². The topological polar surface area (TPSA) is 77.8 Å². The van der Waals surface area contributed by atoms with E-state index in [1.54, 1.807) is 0 Å². The summed E-state index contributed by atoms with van der Waals surface area (Å²) in [4.78, 5) is 11.4. The van der Waals surface area contributed by atoms with E-state index in [0.29, 0.717) is 12.6 Å². The summed E-state index contributed by atoms with van der Waals surface area (Å²) in [5.74, 6) is 1.04. The number of hydrogen-bond acceptors (Lipinski definition) is 3. The van der Waals surface area contributed by atoms with Gasteiger partial charge in [0.2, 0.25) is 0 Å². The third-order valence-electron chi connectivity index (χ3n) is 5.86. The van der Waals surface area contributed by atoms with Crippen LogP contribution in [0.1, 0.15) is 75.8 Å². The third-order valence-corrected chi connectivity index (χ3v) is 5.86. The molecule has 3 N–H and O–H groups in total. The van der Waals surface area contributed by atoms with E-state index in [4.69, 9.17) is 16.1 Å². The number of guanidine groups is 1. The van der Waals surface area contributed by atoms with Gasteiger partial charge in [0.15, 0.2) is 11.8 Å². The summed E-state index contributed by atoms with van der Waals surface area (Å²) >= 11 is 0. The Morgan fingerprint density at radius 3 is 2.64 bits per heavy atom. The Hall–Kier alpha value is -2.17. The van der Waals surface area contributed by atoms with Crippen molar-refractivity contribution in [3.63, 3.8) is 0 Å². The van der Waals surface area contributed by atoms with Gasteiger partial charge in [-0.2, -0.15) is 0 Å². The van der Waals surface area contributed by atoms with Crippen LogP contribution in [0.4, 0.5) is 0 Å². The third kappa shape index (κ3) is 5.66. The maximum atomic E-state index is 7.72. The summed E-state index contributed by atoms with van der Waals surface area (Å²) in [6.07, 6.45) is 12.2. The average molecular weight is 382 g/mol. The molecule has 1 aromatic rings. The van der Waals surface area contributed by atoms with Gasteiger partial charge < -0.3 is 10.6 Å². The fourth-order valence-corrected chi connectivity index (χ4v) is 4.22. The van der Waals surface area contributed by atoms with Crippen LogP contribution in [0.5, 0.6) is 0 Å². The van der Waals surface area contributed by atoms with Crippen LogP contribution in [0, 0.1) is 5.41 Å². The fourth-order valence-electron chi connectivity index (χ4n) is 4.22. The molecule has 2 aliphatic heterocycles. The number of likely N-dealkylation sites (tertiary alicyclic amines) is 1. The lowest BCUT2D eigenvalue weighted by molar-refractivity contribution is 0.391. The minimum Gasteiger partial charge on any atom is -0.370 e. The van der Waals surface area contributed by atoms with Crippen LogP contribution in [0.3, 0.4) is 0 Å². The van der Waals surface area contributed by atoms with Crippen molar-refractivity contribution in [2.45, 2.75) is 77.2 Å². The highest BCUT2D eigenvalue weighted by Crippen LogP contribution is 2.22. The lowest BCUT2D eigenvalue weighted by atomic mass is 10.0. The molecule has 5 heteroatoms. The van der Waals surface area contributed by atoms with E-state index < -0.39 is 0 Å². The van der Waals surface area contributed by atoms with Gasteiger partial charge in [0, 0.05) is 30.3 Å². The molecule has 0 bridgehead atoms. The monoisotopic (exact) mass is 381 g/mol. The van der Waals surface area contributed by atoms with E-state index in [0.717, 1.165) is 49.3 Å². The lowest BCUT2D eigenvalue weighted by Crippen LogP contribution is -2.41. The highest BCUT2D eigenvalue weighted by Gasteiger charge is 2.27. The van der Waals surface area contributed by atoms with E-state index in [9.17, 15) is 0 Å². The Morgan fingerprint density at radius 1 is 1.14 bits per heavy atom. The van der Waals surface area contributed by atoms with Crippen LogP contribution in [0.25, 0.3) is 0 Å². The van der Waals surface area contributed by atoms with E-state index in [1.807, 2.05) is 4.90 Å². The van der Waals surface area contributed by atoms with Crippen LogP contribution < -0.4 is 5.73 Å². The Balaban J connectivity index is 1.47. The zero-order valence-corrected chi connectivity index (χ0v) is 17.3. The number of nitrogens with zero attached hydrogens (tertiary/aromatic N) is 3. The summed E-state index contributed by atoms with van der Waals surface area (Å²) < 4.78 is 0. The van der Waals surface area contributed by atoms with E-state index in [-0.39, 0.29) is 5.96 Å². The molecule has 1 fully saturated rings. The second kappa shape index (κ2) is 10.4. The first-order valence-electron chi connectivity index (χ1n) is 11.0. The number of nitrogens with one attached hydrogen (secondary N) is 1. The van der Waals surface area contributed by atoms with Crippen LogP contribution >= 0.6 is 0 Å². The van der Waals surface area contributed by atoms with Gasteiger partial charge >= 0.3 is 0 Å². The minimum atomic E-state index is 0.184. The Labute approximate surface area is 169 Å². The zero-order valence-electron chi connectivity index (χ0n) is 17.3. The maximum Gasteiger partial charge on any atom is 0.188 e. The average Bonchev–Trinajstić information content (AvgIpc) is 3.35. The number of amidine groups is 1. The number of hydrogen-bond donors (Lipinski definition) is 2. The van der Waals surface area contributed by atoms with Gasteiger partial charge in [0.1, 0.15) is 0 Å². The van der Waals surface area contributed by atoms with Gasteiger partial charge in [-0.3, -0.25) is 10.4 Å². The second-order valence-corrected chi connectivity index (χ2v) is 8.11. The van der Waals surface area contributed by atoms with Gasteiger partial charge in [0.25, 0.3) is 0 Å². The maximum absolute atomic E-state index is 7.72. The Bertz CT molecular complexity index is 704. The van der Waals surface area contributed by atoms with Crippen molar-refractivity contribution < 1.29 is 0 Å². The number of aryl methyl sites for hydroxylation is 1. The first-order chi connectivity index (χ1) is 13.7. The summed E-state index contributed by atoms with van der Waals surface area (Å²) in [5, 5.41) is 7.72. The molecule has 0 amide bonds. The minimum absolute atomic E-state index is 0.184. The summed E-state index contributed by atoms with van der Waals surface area (Å²) in [7, 11) is 0. The number of unbranched alkanes of at least 4 members (excludes halogenated alkanes) is 5. The number of nitrogens with two attached hydrogens (primary N) is 1. The molecule has 28 heavy (non-hydrogen) atoms. The van der Waals surface area contributed by atoms with E-state index in [2.05, 4.69) is 36.2 Å². The quantitative estimate of drug-likeness (QED) is 0.354. The lowest BCUT2D eigenvalue weighted by Gasteiger charge is -2.24. The number of aliphatic imine (C=N–C) groups is 2. The molecule has 0 aliphatic carbocycles. The first-order valence-corrected chi connectivity index (χ1v) is 11.0. The Morgan fingerprint density at radius 2 is 1.89 bits per heavy atom. The van der Waals surface area contributed by atoms with Crippen molar-refractivity contribution in [1.82, 2.24) is 4.90 Å². The largest absolute Gasteiger partial charge is 0.370 e. The molecule has 152 valence electrons. The van der Waals surface area contributed by atoms with Gasteiger partial charge in [-0.05, 0) is 31.2 Å². The van der Waals surface area contributed by atoms with Crippen LogP contribution in [-0.4, -0.2) is 41.5 Å². The van der Waals surface area contributed by atoms with Crippen molar-refractivity contribution in [3.05, 3.63) is 35.4 Å². The van der Waals surface area contributed by atoms with Gasteiger partial charge in [-0.15, -0.1) is 0 Å². The van der Waals surface area contributed by atoms with Gasteiger partial charge in [-0.25, -0.2) is 4.99 Å². The summed E-state index contributed by atoms with van der Waals surface area (Å²) in [6, 6.07) is 9.09. The molecule has 3 rings (SSSR count). The van der Waals surface area contributed by atoms with Crippen LogP contribution in [0.15, 0.2) is 34.3 Å². The molecule has 0 aromatic heterocycles. The van der Waals surface area contributed by atoms with Crippen LogP contribution in [-0.2, 0) is 6.42 Å². The summed E-state index contributed by atoms with van der Waals surface area (Å²) in [5.41, 5.74) is 9.33. The highest BCUT2D eigenvalue weighted by molar-refractivity contribution is 6.11. The molecule has 0 spiro atoms. The smallest absolute Gasteiger partial charge is 0.188 e.